The minimum atomic E-state index is -3.87. The summed E-state index contributed by atoms with van der Waals surface area (Å²) in [6, 6.07) is 18.9. The Kier molecular flexibility index (Phi) is 7.04. The van der Waals surface area contributed by atoms with Crippen molar-refractivity contribution >= 4 is 50.6 Å². The van der Waals surface area contributed by atoms with Crippen LogP contribution in [0.3, 0.4) is 0 Å². The zero-order valence-corrected chi connectivity index (χ0v) is 21.6. The normalized spacial score (nSPS) is 16.3. The predicted molar refractivity (Wildman–Crippen MR) is 143 cm³/mol. The molecule has 2 aliphatic rings. The lowest BCUT2D eigenvalue weighted by Gasteiger charge is -2.20. The van der Waals surface area contributed by atoms with Crippen LogP contribution in [0.2, 0.25) is 0 Å². The molecule has 0 aliphatic carbocycles. The number of anilines is 1. The number of sulfonamides is 1. The smallest absolute Gasteiger partial charge is 0.293 e. The highest BCUT2D eigenvalue weighted by Gasteiger charge is 2.35. The first-order chi connectivity index (χ1) is 18.3. The molecule has 0 bridgehead atoms. The van der Waals surface area contributed by atoms with Crippen LogP contribution in [-0.2, 0) is 21.2 Å². The van der Waals surface area contributed by atoms with Crippen LogP contribution in [0.25, 0.3) is 6.08 Å². The van der Waals surface area contributed by atoms with Gasteiger partial charge < -0.3 is 5.32 Å². The number of rotatable bonds is 7. The van der Waals surface area contributed by atoms with Crippen LogP contribution in [0.4, 0.5) is 14.9 Å². The van der Waals surface area contributed by atoms with Crippen molar-refractivity contribution in [2.24, 2.45) is 0 Å². The van der Waals surface area contributed by atoms with Crippen molar-refractivity contribution in [3.05, 3.63) is 100 Å². The summed E-state index contributed by atoms with van der Waals surface area (Å²) in [6.45, 7) is 0.190. The van der Waals surface area contributed by atoms with Crippen LogP contribution < -0.4 is 9.62 Å². The minimum Gasteiger partial charge on any atom is -0.350 e. The number of amides is 3. The highest BCUT2D eigenvalue weighted by molar-refractivity contribution is 8.18. The molecule has 1 saturated heterocycles. The van der Waals surface area contributed by atoms with E-state index in [2.05, 4.69) is 5.32 Å². The second-order valence-corrected chi connectivity index (χ2v) is 11.4. The Hall–Kier alpha value is -3.96. The predicted octanol–water partition coefficient (Wildman–Crippen LogP) is 4.04. The number of para-hydroxylation sites is 1. The number of carbonyl (C=O) groups excluding carboxylic acids is 3. The van der Waals surface area contributed by atoms with E-state index in [4.69, 9.17) is 0 Å². The number of halogens is 1. The van der Waals surface area contributed by atoms with Crippen molar-refractivity contribution < 1.29 is 27.2 Å². The molecular weight excluding hydrogens is 529 g/mol. The second kappa shape index (κ2) is 10.4. The molecule has 0 spiro atoms. The van der Waals surface area contributed by atoms with Crippen LogP contribution in [0.15, 0.2) is 82.6 Å². The maximum Gasteiger partial charge on any atom is 0.293 e. The van der Waals surface area contributed by atoms with Gasteiger partial charge in [0.15, 0.2) is 0 Å². The molecule has 1 fully saturated rings. The van der Waals surface area contributed by atoms with E-state index in [1.54, 1.807) is 18.2 Å². The van der Waals surface area contributed by atoms with Gasteiger partial charge in [-0.1, -0.05) is 42.5 Å². The van der Waals surface area contributed by atoms with E-state index >= 15 is 0 Å². The van der Waals surface area contributed by atoms with Gasteiger partial charge in [0.2, 0.25) is 0 Å². The van der Waals surface area contributed by atoms with Crippen molar-refractivity contribution in [2.45, 2.75) is 11.3 Å². The SMILES string of the molecule is O=C(NCCN1C(=O)S/C(=C/c2ccccc2F)C1=O)c1cccc(S(=O)(=O)N2CCc3ccccc32)c1. The Bertz CT molecular complexity index is 1590. The van der Waals surface area contributed by atoms with Crippen LogP contribution in [-0.4, -0.2) is 50.0 Å². The second-order valence-electron chi connectivity index (χ2n) is 8.59. The number of imide groups is 1. The van der Waals surface area contributed by atoms with Gasteiger partial charge in [-0.05, 0) is 60.2 Å². The topological polar surface area (TPSA) is 104 Å². The Balaban J connectivity index is 1.23. The van der Waals surface area contributed by atoms with E-state index in [-0.39, 0.29) is 34.0 Å². The summed E-state index contributed by atoms with van der Waals surface area (Å²) in [4.78, 5) is 38.8. The molecule has 3 aromatic carbocycles. The van der Waals surface area contributed by atoms with Gasteiger partial charge in [0.05, 0.1) is 15.5 Å². The number of nitrogens with zero attached hydrogens (tertiary/aromatic N) is 2. The molecule has 2 heterocycles. The highest BCUT2D eigenvalue weighted by atomic mass is 32.2. The number of thioether (sulfide) groups is 1. The van der Waals surface area contributed by atoms with Gasteiger partial charge in [0.25, 0.3) is 27.1 Å². The molecule has 5 rings (SSSR count). The standard InChI is InChI=1S/C27H22FN3O5S2/c28-22-10-3-1-7-19(22)17-24-26(33)30(27(34)37-24)15-13-29-25(32)20-8-5-9-21(16-20)38(35,36)31-14-12-18-6-2-4-11-23(18)31/h1-11,16-17H,12-15H2,(H,29,32)/b24-17+. The number of hydrogen-bond acceptors (Lipinski definition) is 6. The highest BCUT2D eigenvalue weighted by Crippen LogP contribution is 2.33. The summed E-state index contributed by atoms with van der Waals surface area (Å²) in [5, 5.41) is 2.10. The monoisotopic (exact) mass is 551 g/mol. The molecule has 2 aliphatic heterocycles. The molecule has 3 aromatic rings. The fourth-order valence-corrected chi connectivity index (χ4v) is 6.70. The molecule has 1 N–H and O–H groups in total. The average Bonchev–Trinajstić information content (AvgIpc) is 3.47. The van der Waals surface area contributed by atoms with Gasteiger partial charge in [-0.2, -0.15) is 0 Å². The van der Waals surface area contributed by atoms with Gasteiger partial charge in [0, 0.05) is 30.8 Å². The summed E-state index contributed by atoms with van der Waals surface area (Å²) in [5.74, 6) is -1.63. The molecule has 8 nitrogen and oxygen atoms in total. The summed E-state index contributed by atoms with van der Waals surface area (Å²) < 4.78 is 41.9. The number of benzene rings is 3. The number of hydrogen-bond donors (Lipinski definition) is 1. The van der Waals surface area contributed by atoms with Gasteiger partial charge >= 0.3 is 0 Å². The molecule has 38 heavy (non-hydrogen) atoms. The fourth-order valence-electron chi connectivity index (χ4n) is 4.29. The molecule has 0 unspecified atom stereocenters. The quantitative estimate of drug-likeness (QED) is 0.445. The van der Waals surface area contributed by atoms with E-state index in [0.717, 1.165) is 10.5 Å². The lowest BCUT2D eigenvalue weighted by molar-refractivity contribution is -0.122. The van der Waals surface area contributed by atoms with E-state index in [9.17, 15) is 27.2 Å². The maximum atomic E-state index is 13.9. The molecular formula is C27H22FN3O5S2. The van der Waals surface area contributed by atoms with Crippen LogP contribution in [0, 0.1) is 5.82 Å². The van der Waals surface area contributed by atoms with Gasteiger partial charge in [0.1, 0.15) is 5.82 Å². The number of fused-ring (bicyclic) bond motifs is 1. The van der Waals surface area contributed by atoms with Crippen LogP contribution in [0.1, 0.15) is 21.5 Å². The summed E-state index contributed by atoms with van der Waals surface area (Å²) in [7, 11) is -3.87. The first-order valence-electron chi connectivity index (χ1n) is 11.7. The first kappa shape index (κ1) is 25.7. The third-order valence-electron chi connectivity index (χ3n) is 6.22. The van der Waals surface area contributed by atoms with Gasteiger partial charge in [-0.15, -0.1) is 0 Å². The average molecular weight is 552 g/mol. The molecule has 11 heteroatoms. The molecule has 0 atom stereocenters. The molecule has 0 aromatic heterocycles. The molecule has 0 radical (unpaired) electrons. The maximum absolute atomic E-state index is 13.9. The lowest BCUT2D eigenvalue weighted by Crippen LogP contribution is -2.37. The van der Waals surface area contributed by atoms with E-state index in [0.29, 0.717) is 30.4 Å². The van der Waals surface area contributed by atoms with Crippen molar-refractivity contribution in [1.29, 1.82) is 0 Å². The van der Waals surface area contributed by atoms with E-state index in [1.165, 1.54) is 52.8 Å². The Morgan fingerprint density at radius 1 is 1.03 bits per heavy atom. The largest absolute Gasteiger partial charge is 0.350 e. The Morgan fingerprint density at radius 3 is 2.61 bits per heavy atom. The Morgan fingerprint density at radius 2 is 1.79 bits per heavy atom. The van der Waals surface area contributed by atoms with E-state index in [1.807, 2.05) is 12.1 Å². The lowest BCUT2D eigenvalue weighted by atomic mass is 10.2. The zero-order chi connectivity index (χ0) is 26.9. The summed E-state index contributed by atoms with van der Waals surface area (Å²) in [6.07, 6.45) is 1.93. The van der Waals surface area contributed by atoms with Crippen molar-refractivity contribution in [3.63, 3.8) is 0 Å². The zero-order valence-electron chi connectivity index (χ0n) is 20.0. The summed E-state index contributed by atoms with van der Waals surface area (Å²) in [5.41, 5.74) is 1.90. The molecule has 3 amide bonds. The van der Waals surface area contributed by atoms with Crippen LogP contribution >= 0.6 is 11.8 Å². The molecule has 0 saturated carbocycles. The van der Waals surface area contributed by atoms with E-state index < -0.39 is 32.9 Å². The molecule has 194 valence electrons. The van der Waals surface area contributed by atoms with Crippen molar-refractivity contribution in [1.82, 2.24) is 10.2 Å². The van der Waals surface area contributed by atoms with Gasteiger partial charge in [-0.25, -0.2) is 12.8 Å². The fraction of sp³-hybridized carbons (Fsp3) is 0.148. The summed E-state index contributed by atoms with van der Waals surface area (Å²) >= 11 is 0.700. The third kappa shape index (κ3) is 4.94. The Labute approximate surface area is 223 Å². The third-order valence-corrected chi connectivity index (χ3v) is 8.93. The van der Waals surface area contributed by atoms with Crippen molar-refractivity contribution in [3.8, 4) is 0 Å². The van der Waals surface area contributed by atoms with Gasteiger partial charge in [-0.3, -0.25) is 23.6 Å². The number of carbonyl (C=O) groups is 3. The van der Waals surface area contributed by atoms with Crippen LogP contribution in [0.5, 0.6) is 0 Å². The number of nitrogens with one attached hydrogen (secondary N) is 1. The van der Waals surface area contributed by atoms with Crippen molar-refractivity contribution in [2.75, 3.05) is 23.9 Å². The minimum absolute atomic E-state index is 0.00826. The first-order valence-corrected chi connectivity index (χ1v) is 14.0.